The van der Waals surface area contributed by atoms with Gasteiger partial charge in [0.1, 0.15) is 0 Å². The van der Waals surface area contributed by atoms with Gasteiger partial charge in [0.2, 0.25) is 11.9 Å². The number of amides is 1. The number of hydrogen-bond donors (Lipinski definition) is 1. The largest absolute Gasteiger partial charge is 0.396 e. The Morgan fingerprint density at radius 1 is 1.57 bits per heavy atom. The number of carbonyl (C=O) groups excluding carboxylic acids is 1. The number of rotatable bonds is 1. The van der Waals surface area contributed by atoms with Crippen molar-refractivity contribution in [2.45, 2.75) is 19.8 Å². The Balaban J connectivity index is 2.32. The Kier molecular flexibility index (Phi) is 2.07. The van der Waals surface area contributed by atoms with E-state index in [1.165, 1.54) is 0 Å². The van der Waals surface area contributed by atoms with E-state index in [-0.39, 0.29) is 5.91 Å². The minimum absolute atomic E-state index is 0.0918. The molecule has 0 radical (unpaired) electrons. The quantitative estimate of drug-likeness (QED) is 0.703. The van der Waals surface area contributed by atoms with Crippen LogP contribution in [0.15, 0.2) is 6.20 Å². The highest BCUT2D eigenvalue weighted by Gasteiger charge is 2.23. The number of hydrogen-bond acceptors (Lipinski definition) is 4. The molecule has 1 amide bonds. The maximum atomic E-state index is 11.4. The zero-order valence-corrected chi connectivity index (χ0v) is 8.03. The molecular formula is C9H12N4O. The van der Waals surface area contributed by atoms with E-state index in [0.717, 1.165) is 12.1 Å². The molecule has 2 heterocycles. The molecule has 1 aliphatic rings. The van der Waals surface area contributed by atoms with Gasteiger partial charge < -0.3 is 5.73 Å². The Bertz CT molecular complexity index is 377. The van der Waals surface area contributed by atoms with Gasteiger partial charge in [0, 0.05) is 13.0 Å². The van der Waals surface area contributed by atoms with Crippen molar-refractivity contribution in [1.82, 2.24) is 9.97 Å². The van der Waals surface area contributed by atoms with Crippen LogP contribution in [0.3, 0.4) is 0 Å². The number of nitrogen functional groups attached to an aromatic ring is 1. The van der Waals surface area contributed by atoms with E-state index in [1.807, 2.05) is 0 Å². The predicted molar refractivity (Wildman–Crippen MR) is 52.8 cm³/mol. The number of carbonyl (C=O) groups is 1. The van der Waals surface area contributed by atoms with Crippen molar-refractivity contribution in [3.63, 3.8) is 0 Å². The summed E-state index contributed by atoms with van der Waals surface area (Å²) in [6, 6.07) is 0. The molecule has 2 rings (SSSR count). The third kappa shape index (κ3) is 1.41. The molecule has 1 aliphatic heterocycles. The lowest BCUT2D eigenvalue weighted by Crippen LogP contribution is -2.26. The van der Waals surface area contributed by atoms with E-state index in [0.29, 0.717) is 24.6 Å². The maximum absolute atomic E-state index is 11.4. The summed E-state index contributed by atoms with van der Waals surface area (Å²) >= 11 is 0. The van der Waals surface area contributed by atoms with E-state index in [2.05, 4.69) is 9.97 Å². The Labute approximate surface area is 82.0 Å². The van der Waals surface area contributed by atoms with Gasteiger partial charge in [-0.3, -0.25) is 9.69 Å². The van der Waals surface area contributed by atoms with Gasteiger partial charge in [-0.25, -0.2) is 9.97 Å². The molecule has 74 valence electrons. The smallest absolute Gasteiger partial charge is 0.232 e. The topological polar surface area (TPSA) is 72.1 Å². The monoisotopic (exact) mass is 192 g/mol. The van der Waals surface area contributed by atoms with Gasteiger partial charge in [-0.15, -0.1) is 0 Å². The summed E-state index contributed by atoms with van der Waals surface area (Å²) in [5, 5.41) is 0. The van der Waals surface area contributed by atoms with Gasteiger partial charge in [-0.05, 0) is 13.3 Å². The molecule has 0 saturated carbocycles. The molecule has 14 heavy (non-hydrogen) atoms. The van der Waals surface area contributed by atoms with Crippen molar-refractivity contribution in [2.75, 3.05) is 17.2 Å². The van der Waals surface area contributed by atoms with Gasteiger partial charge in [-0.1, -0.05) is 0 Å². The molecule has 5 nitrogen and oxygen atoms in total. The van der Waals surface area contributed by atoms with Gasteiger partial charge in [0.15, 0.2) is 0 Å². The molecule has 2 N–H and O–H groups in total. The second-order valence-electron chi connectivity index (χ2n) is 3.36. The lowest BCUT2D eigenvalue weighted by atomic mass is 10.4. The van der Waals surface area contributed by atoms with E-state index < -0.39 is 0 Å². The summed E-state index contributed by atoms with van der Waals surface area (Å²) < 4.78 is 0. The third-order valence-electron chi connectivity index (χ3n) is 2.32. The van der Waals surface area contributed by atoms with Crippen molar-refractivity contribution in [3.8, 4) is 0 Å². The molecule has 0 unspecified atom stereocenters. The second kappa shape index (κ2) is 3.25. The fourth-order valence-corrected chi connectivity index (χ4v) is 1.45. The van der Waals surface area contributed by atoms with E-state index >= 15 is 0 Å². The van der Waals surface area contributed by atoms with E-state index in [9.17, 15) is 4.79 Å². The van der Waals surface area contributed by atoms with Crippen molar-refractivity contribution < 1.29 is 4.79 Å². The van der Waals surface area contributed by atoms with Crippen molar-refractivity contribution in [2.24, 2.45) is 0 Å². The van der Waals surface area contributed by atoms with Crippen LogP contribution in [0.5, 0.6) is 0 Å². The summed E-state index contributed by atoms with van der Waals surface area (Å²) in [5.74, 6) is 0.563. The number of nitrogens with zero attached hydrogens (tertiary/aromatic N) is 3. The van der Waals surface area contributed by atoms with Crippen LogP contribution in [0.2, 0.25) is 0 Å². The SMILES string of the molecule is Cc1nc(N2CCCC2=O)ncc1N. The lowest BCUT2D eigenvalue weighted by Gasteiger charge is -2.13. The van der Waals surface area contributed by atoms with Crippen LogP contribution in [-0.4, -0.2) is 22.4 Å². The molecule has 0 bridgehead atoms. The minimum Gasteiger partial charge on any atom is -0.396 e. The first-order valence-electron chi connectivity index (χ1n) is 4.58. The van der Waals surface area contributed by atoms with Gasteiger partial charge >= 0.3 is 0 Å². The Hall–Kier alpha value is -1.65. The molecule has 1 aromatic rings. The zero-order chi connectivity index (χ0) is 10.1. The fraction of sp³-hybridized carbons (Fsp3) is 0.444. The van der Waals surface area contributed by atoms with Gasteiger partial charge in [0.05, 0.1) is 17.6 Å². The molecule has 0 aromatic carbocycles. The Morgan fingerprint density at radius 3 is 2.93 bits per heavy atom. The van der Waals surface area contributed by atoms with Crippen molar-refractivity contribution >= 4 is 17.5 Å². The number of nitrogens with two attached hydrogens (primary N) is 1. The molecule has 1 aromatic heterocycles. The average Bonchev–Trinajstić information content (AvgIpc) is 2.57. The highest BCUT2D eigenvalue weighted by Crippen LogP contribution is 2.18. The number of aryl methyl sites for hydroxylation is 1. The fourth-order valence-electron chi connectivity index (χ4n) is 1.45. The first-order valence-corrected chi connectivity index (χ1v) is 4.58. The molecule has 0 atom stereocenters. The lowest BCUT2D eigenvalue weighted by molar-refractivity contribution is -0.117. The van der Waals surface area contributed by atoms with Crippen LogP contribution < -0.4 is 10.6 Å². The normalized spacial score (nSPS) is 16.4. The van der Waals surface area contributed by atoms with Crippen LogP contribution in [0.25, 0.3) is 0 Å². The molecule has 5 heteroatoms. The Morgan fingerprint density at radius 2 is 2.36 bits per heavy atom. The summed E-state index contributed by atoms with van der Waals surface area (Å²) in [6.07, 6.45) is 3.02. The van der Waals surface area contributed by atoms with Crippen LogP contribution >= 0.6 is 0 Å². The molecule has 0 aliphatic carbocycles. The first kappa shape index (κ1) is 8.93. The summed E-state index contributed by atoms with van der Waals surface area (Å²) in [5.41, 5.74) is 6.87. The molecule has 1 fully saturated rings. The van der Waals surface area contributed by atoms with Crippen LogP contribution in [-0.2, 0) is 4.79 Å². The maximum Gasteiger partial charge on any atom is 0.232 e. The standard InChI is InChI=1S/C9H12N4O/c1-6-7(10)5-11-9(12-6)13-4-2-3-8(13)14/h5H,2-4,10H2,1H3. The highest BCUT2D eigenvalue weighted by atomic mass is 16.2. The summed E-state index contributed by atoms with van der Waals surface area (Å²) in [7, 11) is 0. The number of anilines is 2. The minimum atomic E-state index is 0.0918. The van der Waals surface area contributed by atoms with Crippen molar-refractivity contribution in [1.29, 1.82) is 0 Å². The first-order chi connectivity index (χ1) is 6.68. The molecule has 0 spiro atoms. The predicted octanol–water partition coefficient (Wildman–Crippen LogP) is 0.494. The van der Waals surface area contributed by atoms with Crippen LogP contribution in [0.4, 0.5) is 11.6 Å². The second-order valence-corrected chi connectivity index (χ2v) is 3.36. The van der Waals surface area contributed by atoms with Crippen molar-refractivity contribution in [3.05, 3.63) is 11.9 Å². The zero-order valence-electron chi connectivity index (χ0n) is 8.03. The van der Waals surface area contributed by atoms with Gasteiger partial charge in [0.25, 0.3) is 0 Å². The van der Waals surface area contributed by atoms with Gasteiger partial charge in [-0.2, -0.15) is 0 Å². The summed E-state index contributed by atoms with van der Waals surface area (Å²) in [6.45, 7) is 2.52. The van der Waals surface area contributed by atoms with E-state index in [1.54, 1.807) is 18.0 Å². The number of aromatic nitrogens is 2. The van der Waals surface area contributed by atoms with E-state index in [4.69, 9.17) is 5.73 Å². The summed E-state index contributed by atoms with van der Waals surface area (Å²) in [4.78, 5) is 21.2. The molecule has 1 saturated heterocycles. The molecular weight excluding hydrogens is 180 g/mol. The van der Waals surface area contributed by atoms with Crippen LogP contribution in [0, 0.1) is 6.92 Å². The highest BCUT2D eigenvalue weighted by molar-refractivity contribution is 5.93. The third-order valence-corrected chi connectivity index (χ3v) is 2.32. The average molecular weight is 192 g/mol. The van der Waals surface area contributed by atoms with Crippen LogP contribution in [0.1, 0.15) is 18.5 Å².